The Kier molecular flexibility index (Phi) is 9.92. The van der Waals surface area contributed by atoms with Gasteiger partial charge in [0.15, 0.2) is 0 Å². The fraction of sp³-hybridized carbons (Fsp3) is 0.128. The van der Waals surface area contributed by atoms with Crippen LogP contribution in [-0.4, -0.2) is 43.5 Å². The van der Waals surface area contributed by atoms with E-state index >= 15 is 0 Å². The van der Waals surface area contributed by atoms with Crippen LogP contribution in [0, 0.1) is 20.8 Å². The van der Waals surface area contributed by atoms with Crippen molar-refractivity contribution in [1.29, 1.82) is 0 Å². The van der Waals surface area contributed by atoms with Gasteiger partial charge in [0.2, 0.25) is 0 Å². The zero-order valence-electron chi connectivity index (χ0n) is 27.3. The van der Waals surface area contributed by atoms with Gasteiger partial charge < -0.3 is 0 Å². The van der Waals surface area contributed by atoms with Crippen LogP contribution in [0.1, 0.15) is 51.3 Å². The van der Waals surface area contributed by atoms with Crippen LogP contribution in [0.2, 0.25) is 0 Å². The molecule has 0 saturated heterocycles. The molecule has 5 aromatic rings. The molecule has 0 unspecified atom stereocenters. The zero-order chi connectivity index (χ0) is 34.5. The van der Waals surface area contributed by atoms with Crippen molar-refractivity contribution in [3.63, 3.8) is 0 Å². The van der Waals surface area contributed by atoms with Crippen molar-refractivity contribution < 1.29 is 34.3 Å². The van der Waals surface area contributed by atoms with E-state index in [0.29, 0.717) is 9.81 Å². The molecule has 244 valence electrons. The molecule has 0 N–H and O–H groups in total. The molecule has 0 saturated carbocycles. The summed E-state index contributed by atoms with van der Waals surface area (Å²) < 4.78 is 26.4. The fourth-order valence-electron chi connectivity index (χ4n) is 5.60. The molecule has 0 spiro atoms. The summed E-state index contributed by atoms with van der Waals surface area (Å²) in [7, 11) is 0. The van der Waals surface area contributed by atoms with Gasteiger partial charge >= 0.3 is 283 Å². The van der Waals surface area contributed by atoms with E-state index in [-0.39, 0.29) is 22.6 Å². The molecule has 0 bridgehead atoms. The first-order valence-corrected chi connectivity index (χ1v) is 23.3. The summed E-state index contributed by atoms with van der Waals surface area (Å²) in [5.74, 6) is -2.96. The molecule has 0 heterocycles. The van der Waals surface area contributed by atoms with E-state index in [4.69, 9.17) is 15.1 Å². The number of benzene rings is 5. The van der Waals surface area contributed by atoms with Crippen LogP contribution in [0.3, 0.4) is 0 Å². The van der Waals surface area contributed by atoms with E-state index in [1.165, 1.54) is 38.1 Å². The Bertz CT molecular complexity index is 1860. The molecule has 48 heavy (non-hydrogen) atoms. The molecule has 8 nitrogen and oxygen atoms in total. The van der Waals surface area contributed by atoms with E-state index in [2.05, 4.69) is 0 Å². The normalized spacial score (nSPS) is 11.8. The SMILES string of the molecule is CC(=O)Oc1ccccc1C(=O)[O][Bi]([O]C(=O)c1ccccc1OC(C)=O)([c]1cccc(C)c1)([c]1cccc(C)c1)[c]1cccc(C)c1. The van der Waals surface area contributed by atoms with E-state index < -0.39 is 43.5 Å². The summed E-state index contributed by atoms with van der Waals surface area (Å²) in [6.45, 7) is 8.17. The Balaban J connectivity index is 1.94. The summed E-state index contributed by atoms with van der Waals surface area (Å²) >= 11 is -6.70. The van der Waals surface area contributed by atoms with Gasteiger partial charge in [-0.05, 0) is 0 Å². The molecule has 0 aliphatic rings. The molecule has 0 fully saturated rings. The molecule has 0 aliphatic heterocycles. The quantitative estimate of drug-likeness (QED) is 0.108. The van der Waals surface area contributed by atoms with Crippen molar-refractivity contribution in [2.75, 3.05) is 0 Å². The van der Waals surface area contributed by atoms with Gasteiger partial charge in [0.25, 0.3) is 0 Å². The van der Waals surface area contributed by atoms with Crippen molar-refractivity contribution in [1.82, 2.24) is 0 Å². The Morgan fingerprint density at radius 3 is 1.10 bits per heavy atom. The van der Waals surface area contributed by atoms with Gasteiger partial charge in [0.1, 0.15) is 0 Å². The predicted octanol–water partition coefficient (Wildman–Crippen LogP) is 5.59. The summed E-state index contributed by atoms with van der Waals surface area (Å²) in [6.07, 6.45) is 0. The molecule has 0 atom stereocenters. The molecule has 5 aromatic carbocycles. The van der Waals surface area contributed by atoms with Gasteiger partial charge in [0, 0.05) is 0 Å². The Hall–Kier alpha value is -5.14. The van der Waals surface area contributed by atoms with Crippen LogP contribution in [0.25, 0.3) is 0 Å². The zero-order valence-corrected chi connectivity index (χ0v) is 30.7. The summed E-state index contributed by atoms with van der Waals surface area (Å²) in [5.41, 5.74) is 2.45. The first-order chi connectivity index (χ1) is 22.9. The minimum atomic E-state index is -6.70. The number of esters is 2. The number of carbonyl (C=O) groups excluding carboxylic acids is 4. The van der Waals surface area contributed by atoms with E-state index in [1.807, 2.05) is 75.4 Å². The third-order valence-corrected chi connectivity index (χ3v) is 25.8. The topological polar surface area (TPSA) is 105 Å². The number of ether oxygens (including phenoxy) is 2. The summed E-state index contributed by atoms with van der Waals surface area (Å²) in [6, 6.07) is 34.7. The molecular weight excluding hydrogens is 805 g/mol. The number of para-hydroxylation sites is 2. The van der Waals surface area contributed by atoms with Gasteiger partial charge in [0.05, 0.1) is 0 Å². The first-order valence-electron chi connectivity index (χ1n) is 15.2. The number of aryl methyl sites for hydroxylation is 3. The Labute approximate surface area is 281 Å². The molecule has 0 amide bonds. The fourth-order valence-corrected chi connectivity index (χ4v) is 24.2. The van der Waals surface area contributed by atoms with Crippen molar-refractivity contribution in [3.05, 3.63) is 149 Å². The Morgan fingerprint density at radius 2 is 0.792 bits per heavy atom. The van der Waals surface area contributed by atoms with Crippen LogP contribution in [0.5, 0.6) is 11.5 Å². The summed E-state index contributed by atoms with van der Waals surface area (Å²) in [5, 5.41) is 0. The van der Waals surface area contributed by atoms with E-state index in [0.717, 1.165) is 16.7 Å². The van der Waals surface area contributed by atoms with Crippen LogP contribution >= 0.6 is 0 Å². The van der Waals surface area contributed by atoms with E-state index in [9.17, 15) is 19.2 Å². The number of hydrogen-bond donors (Lipinski definition) is 0. The molecular formula is C39H35BiO8. The second kappa shape index (κ2) is 13.9. The van der Waals surface area contributed by atoms with Gasteiger partial charge in [-0.15, -0.1) is 0 Å². The van der Waals surface area contributed by atoms with Gasteiger partial charge in [-0.3, -0.25) is 0 Å². The monoisotopic (exact) mass is 840 g/mol. The maximum absolute atomic E-state index is 14.8. The molecule has 9 heteroatoms. The van der Waals surface area contributed by atoms with Gasteiger partial charge in [-0.25, -0.2) is 0 Å². The van der Waals surface area contributed by atoms with Crippen LogP contribution < -0.4 is 19.3 Å². The van der Waals surface area contributed by atoms with Gasteiger partial charge in [-0.2, -0.15) is 0 Å². The van der Waals surface area contributed by atoms with Crippen LogP contribution in [0.15, 0.2) is 121 Å². The molecule has 0 aromatic heterocycles. The second-order valence-electron chi connectivity index (χ2n) is 11.4. The van der Waals surface area contributed by atoms with E-state index in [1.54, 1.807) is 42.5 Å². The standard InChI is InChI=1S/2C9H8O4.3C7H7.Bi/c2*1-6(10)13-8-5-3-2-4-7(8)9(11)12;3*1-7-5-3-2-4-6-7;/h2*2-5H,1H3,(H,11,12);3*2-3,5-6H,1H3;/q;;;;;+2/p-2. The van der Waals surface area contributed by atoms with Crippen molar-refractivity contribution >= 4 is 53.4 Å². The number of hydrogen-bond acceptors (Lipinski definition) is 8. The molecule has 0 radical (unpaired) electrons. The van der Waals surface area contributed by atoms with Crippen molar-refractivity contribution in [2.24, 2.45) is 0 Å². The van der Waals surface area contributed by atoms with Crippen LogP contribution in [-0.2, 0) is 15.2 Å². The average Bonchev–Trinajstić information content (AvgIpc) is 3.04. The third-order valence-electron chi connectivity index (χ3n) is 7.65. The van der Waals surface area contributed by atoms with Crippen molar-refractivity contribution in [3.8, 4) is 11.5 Å². The predicted molar refractivity (Wildman–Crippen MR) is 185 cm³/mol. The molecule has 0 aliphatic carbocycles. The first kappa shape index (κ1) is 34.2. The molecule has 5 rings (SSSR count). The maximum atomic E-state index is 14.8. The van der Waals surface area contributed by atoms with Crippen molar-refractivity contribution in [2.45, 2.75) is 34.6 Å². The average molecular weight is 841 g/mol. The Morgan fingerprint density at radius 1 is 0.458 bits per heavy atom. The number of rotatable bonds is 9. The third kappa shape index (κ3) is 6.64. The van der Waals surface area contributed by atoms with Crippen LogP contribution in [0.4, 0.5) is 0 Å². The second-order valence-corrected chi connectivity index (χ2v) is 26.3. The summed E-state index contributed by atoms with van der Waals surface area (Å²) in [4.78, 5) is 53.6. The number of carbonyl (C=O) groups is 4. The van der Waals surface area contributed by atoms with Gasteiger partial charge in [-0.1, -0.05) is 0 Å². The minimum absolute atomic E-state index is 0.00438.